The molecule has 1 aromatic rings. The lowest BCUT2D eigenvalue weighted by Crippen LogP contribution is -2.27. The van der Waals surface area contributed by atoms with Gasteiger partial charge in [-0.15, -0.1) is 0 Å². The van der Waals surface area contributed by atoms with Gasteiger partial charge in [0.25, 0.3) is 0 Å². The molecular weight excluding hydrogens is 179 g/mol. The first-order chi connectivity index (χ1) is 6.63. The Morgan fingerprint density at radius 3 is 2.71 bits per heavy atom. The summed E-state index contributed by atoms with van der Waals surface area (Å²) < 4.78 is 12.9. The molecule has 1 rings (SSSR count). The maximum Gasteiger partial charge on any atom is 0.126 e. The molecule has 14 heavy (non-hydrogen) atoms. The van der Waals surface area contributed by atoms with Crippen LogP contribution in [0.1, 0.15) is 11.1 Å². The Balaban J connectivity index is 2.55. The second kappa shape index (κ2) is 5.08. The minimum atomic E-state index is -0.138. The van der Waals surface area contributed by atoms with E-state index in [0.717, 1.165) is 18.5 Å². The maximum atomic E-state index is 12.9. The number of hydrogen-bond donors (Lipinski definition) is 1. The standard InChI is InChI=1S/C11H17FN2/c1-9-7-10(3-4-11(9)12)5-6-14(2)8-13/h3-4,7H,5-6,8,13H2,1-2H3. The van der Waals surface area contributed by atoms with Crippen LogP contribution in [0.2, 0.25) is 0 Å². The molecule has 0 heterocycles. The van der Waals surface area contributed by atoms with E-state index in [1.807, 2.05) is 24.1 Å². The highest BCUT2D eigenvalue weighted by atomic mass is 19.1. The van der Waals surface area contributed by atoms with Crippen molar-refractivity contribution in [1.29, 1.82) is 0 Å². The van der Waals surface area contributed by atoms with Crippen LogP contribution in [0.3, 0.4) is 0 Å². The first-order valence-electron chi connectivity index (χ1n) is 4.77. The topological polar surface area (TPSA) is 29.3 Å². The van der Waals surface area contributed by atoms with Crippen LogP contribution in [0.25, 0.3) is 0 Å². The van der Waals surface area contributed by atoms with E-state index in [1.165, 1.54) is 6.07 Å². The molecule has 0 atom stereocenters. The van der Waals surface area contributed by atoms with Crippen LogP contribution < -0.4 is 5.73 Å². The number of aryl methyl sites for hydroxylation is 1. The van der Waals surface area contributed by atoms with E-state index in [0.29, 0.717) is 12.2 Å². The lowest BCUT2D eigenvalue weighted by atomic mass is 10.1. The summed E-state index contributed by atoms with van der Waals surface area (Å²) in [7, 11) is 1.97. The fraction of sp³-hybridized carbons (Fsp3) is 0.455. The van der Waals surface area contributed by atoms with Gasteiger partial charge in [-0.2, -0.15) is 0 Å². The molecular formula is C11H17FN2. The highest BCUT2D eigenvalue weighted by Crippen LogP contribution is 2.09. The van der Waals surface area contributed by atoms with Gasteiger partial charge in [0.1, 0.15) is 5.82 Å². The van der Waals surface area contributed by atoms with Crippen molar-refractivity contribution in [2.24, 2.45) is 5.73 Å². The third-order valence-electron chi connectivity index (χ3n) is 2.32. The largest absolute Gasteiger partial charge is 0.318 e. The summed E-state index contributed by atoms with van der Waals surface area (Å²) >= 11 is 0. The Hall–Kier alpha value is -0.930. The highest BCUT2D eigenvalue weighted by Gasteiger charge is 2.00. The van der Waals surface area contributed by atoms with Gasteiger partial charge in [0, 0.05) is 13.2 Å². The molecule has 1 aromatic carbocycles. The second-order valence-corrected chi connectivity index (χ2v) is 3.60. The Kier molecular flexibility index (Phi) is 4.04. The summed E-state index contributed by atoms with van der Waals surface area (Å²) in [6, 6.07) is 5.24. The average Bonchev–Trinajstić information content (AvgIpc) is 2.19. The number of rotatable bonds is 4. The van der Waals surface area contributed by atoms with Gasteiger partial charge in [-0.1, -0.05) is 12.1 Å². The smallest absolute Gasteiger partial charge is 0.126 e. The predicted molar refractivity (Wildman–Crippen MR) is 56.5 cm³/mol. The molecule has 2 nitrogen and oxygen atoms in total. The number of likely N-dealkylation sites (N-methyl/N-ethyl adjacent to an activating group) is 1. The van der Waals surface area contributed by atoms with Crippen LogP contribution in [0, 0.1) is 12.7 Å². The summed E-state index contributed by atoms with van der Waals surface area (Å²) in [4.78, 5) is 2.03. The number of nitrogens with zero attached hydrogens (tertiary/aromatic N) is 1. The van der Waals surface area contributed by atoms with Crippen molar-refractivity contribution in [3.63, 3.8) is 0 Å². The van der Waals surface area contributed by atoms with Crippen molar-refractivity contribution in [1.82, 2.24) is 4.90 Å². The molecule has 0 fully saturated rings. The molecule has 0 spiro atoms. The van der Waals surface area contributed by atoms with E-state index >= 15 is 0 Å². The highest BCUT2D eigenvalue weighted by molar-refractivity contribution is 5.24. The van der Waals surface area contributed by atoms with Gasteiger partial charge in [-0.3, -0.25) is 4.90 Å². The van der Waals surface area contributed by atoms with E-state index in [4.69, 9.17) is 5.73 Å². The fourth-order valence-electron chi connectivity index (χ4n) is 1.27. The lowest BCUT2D eigenvalue weighted by Gasteiger charge is -2.13. The van der Waals surface area contributed by atoms with Gasteiger partial charge in [-0.05, 0) is 37.6 Å². The molecule has 0 radical (unpaired) electrons. The molecule has 3 heteroatoms. The Morgan fingerprint density at radius 1 is 1.43 bits per heavy atom. The molecule has 0 saturated heterocycles. The molecule has 0 aliphatic carbocycles. The van der Waals surface area contributed by atoms with Crippen LogP contribution in [0.5, 0.6) is 0 Å². The van der Waals surface area contributed by atoms with E-state index < -0.39 is 0 Å². The maximum absolute atomic E-state index is 12.9. The Morgan fingerprint density at radius 2 is 2.14 bits per heavy atom. The van der Waals surface area contributed by atoms with Crippen LogP contribution in [-0.2, 0) is 6.42 Å². The first-order valence-corrected chi connectivity index (χ1v) is 4.77. The molecule has 0 bridgehead atoms. The van der Waals surface area contributed by atoms with Crippen molar-refractivity contribution in [3.8, 4) is 0 Å². The summed E-state index contributed by atoms with van der Waals surface area (Å²) in [5, 5.41) is 0. The molecule has 0 aliphatic rings. The summed E-state index contributed by atoms with van der Waals surface area (Å²) in [5.74, 6) is -0.138. The zero-order chi connectivity index (χ0) is 10.6. The lowest BCUT2D eigenvalue weighted by molar-refractivity contribution is 0.349. The number of nitrogens with two attached hydrogens (primary N) is 1. The normalized spacial score (nSPS) is 10.9. The zero-order valence-corrected chi connectivity index (χ0v) is 8.76. The monoisotopic (exact) mass is 196 g/mol. The van der Waals surface area contributed by atoms with Crippen LogP contribution >= 0.6 is 0 Å². The van der Waals surface area contributed by atoms with Crippen LogP contribution in [-0.4, -0.2) is 25.2 Å². The van der Waals surface area contributed by atoms with E-state index in [1.54, 1.807) is 6.92 Å². The second-order valence-electron chi connectivity index (χ2n) is 3.60. The SMILES string of the molecule is Cc1cc(CCN(C)CN)ccc1F. The van der Waals surface area contributed by atoms with Crippen molar-refractivity contribution >= 4 is 0 Å². The summed E-state index contributed by atoms with van der Waals surface area (Å²) in [5.41, 5.74) is 7.32. The van der Waals surface area contributed by atoms with Crippen LogP contribution in [0.4, 0.5) is 4.39 Å². The van der Waals surface area contributed by atoms with Crippen LogP contribution in [0.15, 0.2) is 18.2 Å². The van der Waals surface area contributed by atoms with E-state index in [9.17, 15) is 4.39 Å². The minimum absolute atomic E-state index is 0.138. The minimum Gasteiger partial charge on any atom is -0.318 e. The molecule has 0 aliphatic heterocycles. The average molecular weight is 196 g/mol. The Labute approximate surface area is 84.5 Å². The zero-order valence-electron chi connectivity index (χ0n) is 8.76. The van der Waals surface area contributed by atoms with Gasteiger partial charge in [0.15, 0.2) is 0 Å². The first kappa shape index (κ1) is 11.1. The van der Waals surface area contributed by atoms with Crippen molar-refractivity contribution in [2.45, 2.75) is 13.3 Å². The van der Waals surface area contributed by atoms with E-state index in [2.05, 4.69) is 0 Å². The van der Waals surface area contributed by atoms with Gasteiger partial charge >= 0.3 is 0 Å². The molecule has 78 valence electrons. The molecule has 0 saturated carbocycles. The van der Waals surface area contributed by atoms with Gasteiger partial charge in [0.2, 0.25) is 0 Å². The molecule has 0 aromatic heterocycles. The number of benzene rings is 1. The number of halogens is 1. The number of hydrogen-bond acceptors (Lipinski definition) is 2. The Bertz CT molecular complexity index is 299. The predicted octanol–water partition coefficient (Wildman–Crippen LogP) is 1.52. The van der Waals surface area contributed by atoms with Crippen molar-refractivity contribution in [2.75, 3.05) is 20.3 Å². The molecule has 0 unspecified atom stereocenters. The third-order valence-corrected chi connectivity index (χ3v) is 2.32. The summed E-state index contributed by atoms with van der Waals surface area (Å²) in [6.07, 6.45) is 0.912. The van der Waals surface area contributed by atoms with E-state index in [-0.39, 0.29) is 5.82 Å². The molecule has 0 amide bonds. The van der Waals surface area contributed by atoms with Crippen molar-refractivity contribution in [3.05, 3.63) is 35.1 Å². The quantitative estimate of drug-likeness (QED) is 0.740. The van der Waals surface area contributed by atoms with Gasteiger partial charge in [0.05, 0.1) is 0 Å². The van der Waals surface area contributed by atoms with Crippen molar-refractivity contribution < 1.29 is 4.39 Å². The molecule has 2 N–H and O–H groups in total. The third kappa shape index (κ3) is 3.09. The fourth-order valence-corrected chi connectivity index (χ4v) is 1.27. The van der Waals surface area contributed by atoms with Gasteiger partial charge in [-0.25, -0.2) is 4.39 Å². The summed E-state index contributed by atoms with van der Waals surface area (Å²) in [6.45, 7) is 3.24. The van der Waals surface area contributed by atoms with Gasteiger partial charge < -0.3 is 5.73 Å².